The smallest absolute Gasteiger partial charge is 0.308 e. The summed E-state index contributed by atoms with van der Waals surface area (Å²) < 4.78 is 13.4. The van der Waals surface area contributed by atoms with Crippen LogP contribution in [0, 0.1) is 23.7 Å². The fraction of sp³-hybridized carbons (Fsp3) is 0.556. The molecule has 1 fully saturated rings. The van der Waals surface area contributed by atoms with Crippen molar-refractivity contribution in [2.24, 2.45) is 23.7 Å². The number of fused-ring (bicyclic) bond motifs is 2. The summed E-state index contributed by atoms with van der Waals surface area (Å²) in [5, 5.41) is 17.6. The summed E-state index contributed by atoms with van der Waals surface area (Å²) in [4.78, 5) is 21.6. The zero-order chi connectivity index (χ0) is 10.5. The van der Waals surface area contributed by atoms with Crippen molar-refractivity contribution in [3.05, 3.63) is 12.2 Å². The lowest BCUT2D eigenvalue weighted by atomic mass is 9.83. The Balaban J connectivity index is 2.36. The van der Waals surface area contributed by atoms with Crippen LogP contribution in [-0.2, 0) is 9.59 Å². The molecule has 0 aliphatic heterocycles. The molecule has 0 radical (unpaired) electrons. The van der Waals surface area contributed by atoms with Crippen LogP contribution in [0.3, 0.4) is 0 Å². The highest BCUT2D eigenvalue weighted by atomic mass is 19.1. The van der Waals surface area contributed by atoms with Crippen LogP contribution >= 0.6 is 0 Å². The van der Waals surface area contributed by atoms with Crippen LogP contribution in [0.2, 0.25) is 0 Å². The molecule has 2 aliphatic rings. The first kappa shape index (κ1) is 9.18. The number of hydrogen-bond acceptors (Lipinski definition) is 2. The fourth-order valence-corrected chi connectivity index (χ4v) is 2.48. The van der Waals surface area contributed by atoms with Gasteiger partial charge >= 0.3 is 11.9 Å². The number of carbonyl (C=O) groups is 2. The van der Waals surface area contributed by atoms with Gasteiger partial charge in [0.1, 0.15) is 6.17 Å². The number of aliphatic carboxylic acids is 2. The third kappa shape index (κ3) is 0.981. The predicted molar refractivity (Wildman–Crippen MR) is 43.3 cm³/mol. The molecule has 2 rings (SSSR count). The Labute approximate surface area is 79.0 Å². The highest BCUT2D eigenvalue weighted by Crippen LogP contribution is 2.49. The monoisotopic (exact) mass is 200 g/mol. The summed E-state index contributed by atoms with van der Waals surface area (Å²) in [5.41, 5.74) is 0. The van der Waals surface area contributed by atoms with Crippen LogP contribution in [-0.4, -0.2) is 28.3 Å². The van der Waals surface area contributed by atoms with Gasteiger partial charge in [0.2, 0.25) is 0 Å². The molecule has 0 saturated heterocycles. The zero-order valence-corrected chi connectivity index (χ0v) is 7.13. The largest absolute Gasteiger partial charge is 0.481 e. The molecule has 5 atom stereocenters. The maximum atomic E-state index is 13.4. The van der Waals surface area contributed by atoms with Gasteiger partial charge in [-0.3, -0.25) is 9.59 Å². The minimum Gasteiger partial charge on any atom is -0.481 e. The number of halogens is 1. The second kappa shape index (κ2) is 2.80. The van der Waals surface area contributed by atoms with E-state index in [2.05, 4.69) is 0 Å². The Morgan fingerprint density at radius 1 is 1.00 bits per heavy atom. The van der Waals surface area contributed by atoms with Gasteiger partial charge in [-0.05, 0) is 0 Å². The van der Waals surface area contributed by atoms with Crippen molar-refractivity contribution in [1.82, 2.24) is 0 Å². The molecule has 1 saturated carbocycles. The Kier molecular flexibility index (Phi) is 1.83. The molecule has 0 aromatic heterocycles. The maximum absolute atomic E-state index is 13.4. The summed E-state index contributed by atoms with van der Waals surface area (Å²) in [5.74, 6) is -6.21. The van der Waals surface area contributed by atoms with Crippen molar-refractivity contribution in [2.45, 2.75) is 6.17 Å². The first-order valence-corrected chi connectivity index (χ1v) is 4.32. The van der Waals surface area contributed by atoms with Crippen molar-refractivity contribution in [3.8, 4) is 0 Å². The summed E-state index contributed by atoms with van der Waals surface area (Å²) >= 11 is 0. The average Bonchev–Trinajstić information content (AvgIpc) is 2.58. The molecule has 5 heteroatoms. The lowest BCUT2D eigenvalue weighted by Gasteiger charge is -2.19. The molecule has 0 aromatic carbocycles. The van der Waals surface area contributed by atoms with Crippen LogP contribution in [0.15, 0.2) is 12.2 Å². The van der Waals surface area contributed by atoms with Crippen molar-refractivity contribution in [3.63, 3.8) is 0 Å². The third-order valence-electron chi connectivity index (χ3n) is 3.08. The Morgan fingerprint density at radius 3 is 1.64 bits per heavy atom. The quantitative estimate of drug-likeness (QED) is 0.638. The molecule has 14 heavy (non-hydrogen) atoms. The van der Waals surface area contributed by atoms with Gasteiger partial charge in [0.05, 0.1) is 11.8 Å². The Bertz CT molecular complexity index is 295. The molecule has 76 valence electrons. The average molecular weight is 200 g/mol. The molecule has 0 spiro atoms. The van der Waals surface area contributed by atoms with Crippen molar-refractivity contribution in [1.29, 1.82) is 0 Å². The van der Waals surface area contributed by atoms with E-state index in [0.717, 1.165) is 0 Å². The van der Waals surface area contributed by atoms with E-state index >= 15 is 0 Å². The second-order valence-electron chi connectivity index (χ2n) is 3.71. The van der Waals surface area contributed by atoms with Gasteiger partial charge in [-0.2, -0.15) is 0 Å². The lowest BCUT2D eigenvalue weighted by molar-refractivity contribution is -0.154. The van der Waals surface area contributed by atoms with Gasteiger partial charge in [-0.25, -0.2) is 4.39 Å². The van der Waals surface area contributed by atoms with Gasteiger partial charge in [0.25, 0.3) is 0 Å². The molecule has 0 aromatic rings. The lowest BCUT2D eigenvalue weighted by Crippen LogP contribution is -2.32. The van der Waals surface area contributed by atoms with Gasteiger partial charge in [-0.15, -0.1) is 0 Å². The molecular weight excluding hydrogens is 191 g/mol. The standard InChI is InChI=1S/C9H9FO4/c10-7-3-1-2-4(7)6(9(13)14)5(3)8(11)12/h1-7H,(H,11,12)(H,13,14)/t3?,4?,5-,6+,7?. The summed E-state index contributed by atoms with van der Waals surface area (Å²) in [7, 11) is 0. The second-order valence-corrected chi connectivity index (χ2v) is 3.71. The van der Waals surface area contributed by atoms with Gasteiger partial charge < -0.3 is 10.2 Å². The third-order valence-corrected chi connectivity index (χ3v) is 3.08. The van der Waals surface area contributed by atoms with E-state index in [-0.39, 0.29) is 0 Å². The fourth-order valence-electron chi connectivity index (χ4n) is 2.48. The number of carboxylic acids is 2. The molecule has 3 unspecified atom stereocenters. The van der Waals surface area contributed by atoms with Crippen LogP contribution in [0.1, 0.15) is 0 Å². The number of alkyl halides is 1. The number of hydrogen-bond donors (Lipinski definition) is 2. The van der Waals surface area contributed by atoms with E-state index in [0.29, 0.717) is 0 Å². The van der Waals surface area contributed by atoms with E-state index in [4.69, 9.17) is 10.2 Å². The first-order chi connectivity index (χ1) is 6.54. The topological polar surface area (TPSA) is 74.6 Å². The molecule has 0 amide bonds. The van der Waals surface area contributed by atoms with E-state index in [1.165, 1.54) is 12.2 Å². The minimum absolute atomic E-state index is 0.765. The van der Waals surface area contributed by atoms with Crippen LogP contribution in [0.25, 0.3) is 0 Å². The SMILES string of the molecule is O=C(O)[C@@H]1C2C=CC(C2F)[C@@H]1C(=O)O. The Morgan fingerprint density at radius 2 is 1.36 bits per heavy atom. The van der Waals surface area contributed by atoms with Gasteiger partial charge in [0.15, 0.2) is 0 Å². The molecule has 0 heterocycles. The van der Waals surface area contributed by atoms with E-state index < -0.39 is 41.8 Å². The van der Waals surface area contributed by atoms with Crippen LogP contribution in [0.4, 0.5) is 4.39 Å². The Hall–Kier alpha value is -1.39. The maximum Gasteiger partial charge on any atom is 0.308 e. The van der Waals surface area contributed by atoms with Crippen LogP contribution in [0.5, 0.6) is 0 Å². The van der Waals surface area contributed by atoms with Crippen molar-refractivity contribution in [2.75, 3.05) is 0 Å². The first-order valence-electron chi connectivity index (χ1n) is 4.32. The molecule has 2 aliphatic carbocycles. The summed E-state index contributed by atoms with van der Waals surface area (Å²) in [6.45, 7) is 0. The highest BCUT2D eigenvalue weighted by Gasteiger charge is 2.58. The van der Waals surface area contributed by atoms with E-state index in [1.807, 2.05) is 0 Å². The highest BCUT2D eigenvalue weighted by molar-refractivity contribution is 5.82. The van der Waals surface area contributed by atoms with Gasteiger partial charge in [-0.1, -0.05) is 12.2 Å². The zero-order valence-electron chi connectivity index (χ0n) is 7.13. The predicted octanol–water partition coefficient (Wildman–Crippen LogP) is 0.542. The van der Waals surface area contributed by atoms with Crippen LogP contribution < -0.4 is 0 Å². The van der Waals surface area contributed by atoms with Crippen molar-refractivity contribution < 1.29 is 24.2 Å². The van der Waals surface area contributed by atoms with E-state index in [9.17, 15) is 14.0 Å². The molecular formula is C9H9FO4. The normalized spacial score (nSPS) is 44.2. The number of carboxylic acid groups (broad SMARTS) is 2. The van der Waals surface area contributed by atoms with E-state index in [1.54, 1.807) is 0 Å². The number of allylic oxidation sites excluding steroid dienone is 2. The number of rotatable bonds is 2. The molecule has 2 bridgehead atoms. The van der Waals surface area contributed by atoms with Gasteiger partial charge in [0, 0.05) is 11.8 Å². The minimum atomic E-state index is -1.35. The molecule has 4 nitrogen and oxygen atoms in total. The summed E-state index contributed by atoms with van der Waals surface area (Å²) in [6.07, 6.45) is 1.61. The van der Waals surface area contributed by atoms with Crippen molar-refractivity contribution >= 4 is 11.9 Å². The summed E-state index contributed by atoms with van der Waals surface area (Å²) in [6, 6.07) is 0. The molecule has 2 N–H and O–H groups in total.